The zero-order valence-corrected chi connectivity index (χ0v) is 14.3. The molecule has 0 fully saturated rings. The summed E-state index contributed by atoms with van der Waals surface area (Å²) in [6.45, 7) is 2.13. The number of nitrogens with zero attached hydrogens (tertiary/aromatic N) is 3. The lowest BCUT2D eigenvalue weighted by Gasteiger charge is -2.09. The van der Waals surface area contributed by atoms with Crippen molar-refractivity contribution in [3.05, 3.63) is 76.8 Å². The maximum absolute atomic E-state index is 12.4. The minimum atomic E-state index is -0.293. The van der Waals surface area contributed by atoms with E-state index in [2.05, 4.69) is 25.6 Å². The zero-order chi connectivity index (χ0) is 17.6. The van der Waals surface area contributed by atoms with Crippen molar-refractivity contribution in [3.63, 3.8) is 0 Å². The Labute approximate surface area is 150 Å². The van der Waals surface area contributed by atoms with E-state index in [9.17, 15) is 4.79 Å². The number of halogens is 1. The minimum absolute atomic E-state index is 0.276. The second-order valence-corrected chi connectivity index (χ2v) is 5.73. The number of rotatable bonds is 5. The molecule has 0 aliphatic rings. The molecule has 2 N–H and O–H groups in total. The Hall–Kier alpha value is -2.99. The van der Waals surface area contributed by atoms with Crippen LogP contribution in [-0.4, -0.2) is 20.9 Å². The number of carbonyl (C=O) groups excluding carboxylic acids is 1. The summed E-state index contributed by atoms with van der Waals surface area (Å²) in [7, 11) is 0. The molecule has 1 amide bonds. The molecule has 3 rings (SSSR count). The Morgan fingerprint density at radius 3 is 2.68 bits per heavy atom. The summed E-state index contributed by atoms with van der Waals surface area (Å²) in [6, 6.07) is 14.4. The summed E-state index contributed by atoms with van der Waals surface area (Å²) >= 11 is 6.13. The van der Waals surface area contributed by atoms with Crippen molar-refractivity contribution in [3.8, 4) is 0 Å². The van der Waals surface area contributed by atoms with E-state index in [0.717, 1.165) is 5.69 Å². The molecule has 0 saturated carbocycles. The van der Waals surface area contributed by atoms with Crippen LogP contribution in [0.5, 0.6) is 0 Å². The van der Waals surface area contributed by atoms with Gasteiger partial charge in [0.05, 0.1) is 22.9 Å². The molecule has 0 aliphatic carbocycles. The molecule has 3 aromatic rings. The van der Waals surface area contributed by atoms with Gasteiger partial charge in [0.25, 0.3) is 5.91 Å². The molecule has 0 bridgehead atoms. The van der Waals surface area contributed by atoms with Gasteiger partial charge in [0.2, 0.25) is 5.95 Å². The highest BCUT2D eigenvalue weighted by molar-refractivity contribution is 6.33. The Morgan fingerprint density at radius 1 is 1.12 bits per heavy atom. The van der Waals surface area contributed by atoms with Gasteiger partial charge in [0.15, 0.2) is 0 Å². The third kappa shape index (κ3) is 4.51. The summed E-state index contributed by atoms with van der Waals surface area (Å²) < 4.78 is 0. The number of hydrogen-bond acceptors (Lipinski definition) is 5. The predicted molar refractivity (Wildman–Crippen MR) is 96.9 cm³/mol. The summed E-state index contributed by atoms with van der Waals surface area (Å²) in [5.41, 5.74) is 2.40. The molecule has 2 heterocycles. The highest BCUT2D eigenvalue weighted by Gasteiger charge is 2.11. The van der Waals surface area contributed by atoms with Crippen LogP contribution in [0.15, 0.2) is 54.7 Å². The van der Waals surface area contributed by atoms with Crippen LogP contribution in [0.2, 0.25) is 5.02 Å². The SMILES string of the molecule is Cc1cc(C(=O)NCc2ccccn2)nc(Nc2ccccc2Cl)n1. The number of aromatic nitrogens is 3. The quantitative estimate of drug-likeness (QED) is 0.733. The third-order valence-electron chi connectivity index (χ3n) is 3.36. The summed E-state index contributed by atoms with van der Waals surface area (Å²) in [5.74, 6) is 0.0226. The second-order valence-electron chi connectivity index (χ2n) is 5.33. The van der Waals surface area contributed by atoms with Gasteiger partial charge in [-0.2, -0.15) is 0 Å². The van der Waals surface area contributed by atoms with Crippen molar-refractivity contribution < 1.29 is 4.79 Å². The lowest BCUT2D eigenvalue weighted by Crippen LogP contribution is -2.24. The van der Waals surface area contributed by atoms with Gasteiger partial charge in [0, 0.05) is 11.9 Å². The fourth-order valence-corrected chi connectivity index (χ4v) is 2.37. The zero-order valence-electron chi connectivity index (χ0n) is 13.5. The number of anilines is 2. The molecular formula is C18H16ClN5O. The van der Waals surface area contributed by atoms with Crippen molar-refractivity contribution in [2.75, 3.05) is 5.32 Å². The number of carbonyl (C=O) groups is 1. The van der Waals surface area contributed by atoms with E-state index in [1.807, 2.05) is 36.4 Å². The molecule has 0 atom stereocenters. The van der Waals surface area contributed by atoms with Crippen LogP contribution >= 0.6 is 11.6 Å². The van der Waals surface area contributed by atoms with Gasteiger partial charge in [-0.1, -0.05) is 29.8 Å². The first-order valence-electron chi connectivity index (χ1n) is 7.67. The fourth-order valence-electron chi connectivity index (χ4n) is 2.19. The second kappa shape index (κ2) is 7.72. The largest absolute Gasteiger partial charge is 0.345 e. The van der Waals surface area contributed by atoms with Crippen molar-refractivity contribution in [1.29, 1.82) is 0 Å². The van der Waals surface area contributed by atoms with Gasteiger partial charge in [0.1, 0.15) is 5.69 Å². The first-order chi connectivity index (χ1) is 12.1. The third-order valence-corrected chi connectivity index (χ3v) is 3.69. The van der Waals surface area contributed by atoms with E-state index in [0.29, 0.717) is 28.9 Å². The monoisotopic (exact) mass is 353 g/mol. The number of pyridine rings is 1. The normalized spacial score (nSPS) is 10.3. The first kappa shape index (κ1) is 16.9. The van der Waals surface area contributed by atoms with Gasteiger partial charge in [-0.15, -0.1) is 0 Å². The van der Waals surface area contributed by atoms with Crippen molar-refractivity contribution >= 4 is 29.1 Å². The van der Waals surface area contributed by atoms with Crippen LogP contribution < -0.4 is 10.6 Å². The Kier molecular flexibility index (Phi) is 5.20. The molecule has 25 heavy (non-hydrogen) atoms. The highest BCUT2D eigenvalue weighted by atomic mass is 35.5. The van der Waals surface area contributed by atoms with Crippen LogP contribution in [-0.2, 0) is 6.54 Å². The van der Waals surface area contributed by atoms with Crippen LogP contribution in [0.4, 0.5) is 11.6 Å². The molecule has 6 nitrogen and oxygen atoms in total. The maximum Gasteiger partial charge on any atom is 0.270 e. The molecule has 126 valence electrons. The van der Waals surface area contributed by atoms with Gasteiger partial charge < -0.3 is 10.6 Å². The first-order valence-corrected chi connectivity index (χ1v) is 8.05. The average Bonchev–Trinajstić information content (AvgIpc) is 2.62. The molecule has 2 aromatic heterocycles. The number of aryl methyl sites for hydroxylation is 1. The highest BCUT2D eigenvalue weighted by Crippen LogP contribution is 2.23. The van der Waals surface area contributed by atoms with E-state index in [1.54, 1.807) is 25.3 Å². The average molecular weight is 354 g/mol. The summed E-state index contributed by atoms with van der Waals surface area (Å²) in [5, 5.41) is 6.38. The van der Waals surface area contributed by atoms with Gasteiger partial charge in [-0.3, -0.25) is 9.78 Å². The van der Waals surface area contributed by atoms with Crippen LogP contribution in [0.1, 0.15) is 21.9 Å². The number of para-hydroxylation sites is 1. The number of nitrogens with one attached hydrogen (secondary N) is 2. The lowest BCUT2D eigenvalue weighted by atomic mass is 10.3. The molecule has 0 saturated heterocycles. The molecule has 0 unspecified atom stereocenters. The number of hydrogen-bond donors (Lipinski definition) is 2. The topological polar surface area (TPSA) is 79.8 Å². The van der Waals surface area contributed by atoms with Crippen LogP contribution in [0.25, 0.3) is 0 Å². The maximum atomic E-state index is 12.4. The molecule has 7 heteroatoms. The number of amides is 1. The standard InChI is InChI=1S/C18H16ClN5O/c1-12-10-16(17(25)21-11-13-6-4-5-9-20-13)24-18(22-12)23-15-8-3-2-7-14(15)19/h2-10H,11H2,1H3,(H,21,25)(H,22,23,24). The Bertz CT molecular complexity index is 886. The van der Waals surface area contributed by atoms with E-state index in [4.69, 9.17) is 11.6 Å². The summed E-state index contributed by atoms with van der Waals surface area (Å²) in [4.78, 5) is 25.1. The smallest absolute Gasteiger partial charge is 0.270 e. The predicted octanol–water partition coefficient (Wildman–Crippen LogP) is 3.51. The fraction of sp³-hybridized carbons (Fsp3) is 0.111. The van der Waals surface area contributed by atoms with Gasteiger partial charge in [-0.25, -0.2) is 9.97 Å². The molecule has 0 aliphatic heterocycles. The van der Waals surface area contributed by atoms with E-state index < -0.39 is 0 Å². The van der Waals surface area contributed by atoms with Crippen molar-refractivity contribution in [1.82, 2.24) is 20.3 Å². The van der Waals surface area contributed by atoms with E-state index >= 15 is 0 Å². The van der Waals surface area contributed by atoms with Gasteiger partial charge in [-0.05, 0) is 37.3 Å². The van der Waals surface area contributed by atoms with Crippen molar-refractivity contribution in [2.24, 2.45) is 0 Å². The number of benzene rings is 1. The van der Waals surface area contributed by atoms with Crippen LogP contribution in [0, 0.1) is 6.92 Å². The van der Waals surface area contributed by atoms with Crippen LogP contribution in [0.3, 0.4) is 0 Å². The molecule has 0 radical (unpaired) electrons. The molecular weight excluding hydrogens is 338 g/mol. The Morgan fingerprint density at radius 2 is 1.92 bits per heavy atom. The van der Waals surface area contributed by atoms with Gasteiger partial charge >= 0.3 is 0 Å². The van der Waals surface area contributed by atoms with E-state index in [1.165, 1.54) is 0 Å². The Balaban J connectivity index is 1.74. The van der Waals surface area contributed by atoms with E-state index in [-0.39, 0.29) is 11.6 Å². The lowest BCUT2D eigenvalue weighted by molar-refractivity contribution is 0.0945. The van der Waals surface area contributed by atoms with Crippen molar-refractivity contribution in [2.45, 2.75) is 13.5 Å². The summed E-state index contributed by atoms with van der Waals surface area (Å²) in [6.07, 6.45) is 1.68. The minimum Gasteiger partial charge on any atom is -0.345 e. The molecule has 1 aromatic carbocycles. The molecule has 0 spiro atoms.